The quantitative estimate of drug-likeness (QED) is 0.407. The van der Waals surface area contributed by atoms with Crippen LogP contribution in [-0.4, -0.2) is 17.9 Å². The van der Waals surface area contributed by atoms with Crippen LogP contribution in [0.5, 0.6) is 0 Å². The van der Waals surface area contributed by atoms with Crippen molar-refractivity contribution >= 4 is 34.3 Å². The zero-order chi connectivity index (χ0) is 21.5. The minimum Gasteiger partial charge on any atom is -0.459 e. The molecule has 1 atom stereocenters. The standard InChI is InChI=1S/C25H30INO3/c1-15-21(24(29)30-16-9-5-4-6-10-16)22(17-11-7-8-12-18(17)26)23-19(27-15)13-25(2,3)14-20(23)28/h7-8,11-12,16,22,27H,4-6,9-10,13-14H2,1-3H3/t22-/m0/s1. The van der Waals surface area contributed by atoms with Crippen LogP contribution in [0.2, 0.25) is 0 Å². The molecule has 0 saturated heterocycles. The van der Waals surface area contributed by atoms with Gasteiger partial charge in [-0.2, -0.15) is 0 Å². The Labute approximate surface area is 192 Å². The molecule has 160 valence electrons. The molecule has 0 spiro atoms. The average molecular weight is 519 g/mol. The third-order valence-corrected chi connectivity index (χ3v) is 7.48. The SMILES string of the molecule is CC1=C(C(=O)OC2CCCCC2)[C@H](c2ccccc2I)C2=C(CC(C)(C)CC2=O)N1. The van der Waals surface area contributed by atoms with Gasteiger partial charge in [0, 0.05) is 32.9 Å². The Kier molecular flexibility index (Phi) is 6.11. The molecule has 1 fully saturated rings. The van der Waals surface area contributed by atoms with Crippen LogP contribution in [0.1, 0.15) is 77.2 Å². The predicted octanol–water partition coefficient (Wildman–Crippen LogP) is 5.77. The molecule has 0 unspecified atom stereocenters. The molecule has 0 radical (unpaired) electrons. The van der Waals surface area contributed by atoms with Crippen molar-refractivity contribution in [3.63, 3.8) is 0 Å². The summed E-state index contributed by atoms with van der Waals surface area (Å²) in [6.07, 6.45) is 6.57. The van der Waals surface area contributed by atoms with Gasteiger partial charge in [-0.15, -0.1) is 0 Å². The Bertz CT molecular complexity index is 937. The number of halogens is 1. The molecule has 2 aliphatic carbocycles. The molecule has 4 nitrogen and oxygen atoms in total. The molecule has 5 heteroatoms. The topological polar surface area (TPSA) is 55.4 Å². The van der Waals surface area contributed by atoms with Gasteiger partial charge in [0.15, 0.2) is 5.78 Å². The van der Waals surface area contributed by atoms with Gasteiger partial charge in [0.05, 0.1) is 5.57 Å². The molecule has 0 bridgehead atoms. The Morgan fingerprint density at radius 1 is 1.13 bits per heavy atom. The molecule has 0 aromatic heterocycles. The van der Waals surface area contributed by atoms with Crippen LogP contribution in [0.25, 0.3) is 0 Å². The highest BCUT2D eigenvalue weighted by atomic mass is 127. The number of carbonyl (C=O) groups excluding carboxylic acids is 2. The van der Waals surface area contributed by atoms with Crippen molar-refractivity contribution in [2.75, 3.05) is 0 Å². The minimum atomic E-state index is -0.367. The predicted molar refractivity (Wildman–Crippen MR) is 126 cm³/mol. The summed E-state index contributed by atoms with van der Waals surface area (Å²) < 4.78 is 7.03. The second kappa shape index (κ2) is 8.48. The molecular formula is C25H30INO3. The van der Waals surface area contributed by atoms with Crippen LogP contribution in [0.3, 0.4) is 0 Å². The van der Waals surface area contributed by atoms with E-state index in [0.29, 0.717) is 12.0 Å². The number of hydrogen-bond donors (Lipinski definition) is 1. The fourth-order valence-electron chi connectivity index (χ4n) is 5.12. The van der Waals surface area contributed by atoms with Crippen LogP contribution in [0.4, 0.5) is 0 Å². The number of ether oxygens (including phenoxy) is 1. The van der Waals surface area contributed by atoms with Crippen molar-refractivity contribution in [2.24, 2.45) is 5.41 Å². The Hall–Kier alpha value is -1.63. The largest absolute Gasteiger partial charge is 0.459 e. The number of carbonyl (C=O) groups is 2. The maximum atomic E-state index is 13.4. The monoisotopic (exact) mass is 519 g/mol. The molecule has 1 aliphatic heterocycles. The number of allylic oxidation sites excluding steroid dienone is 3. The second-order valence-electron chi connectivity index (χ2n) is 9.62. The van der Waals surface area contributed by atoms with Gasteiger partial charge in [-0.25, -0.2) is 4.79 Å². The van der Waals surface area contributed by atoms with E-state index in [0.717, 1.165) is 58.2 Å². The van der Waals surface area contributed by atoms with E-state index in [9.17, 15) is 9.59 Å². The van der Waals surface area contributed by atoms with Gasteiger partial charge in [-0.05, 0) is 78.7 Å². The van der Waals surface area contributed by atoms with Crippen molar-refractivity contribution in [1.29, 1.82) is 0 Å². The zero-order valence-electron chi connectivity index (χ0n) is 18.0. The number of ketones is 1. The second-order valence-corrected chi connectivity index (χ2v) is 10.8. The molecule has 1 heterocycles. The lowest BCUT2D eigenvalue weighted by Crippen LogP contribution is -2.39. The molecular weight excluding hydrogens is 489 g/mol. The smallest absolute Gasteiger partial charge is 0.337 e. The van der Waals surface area contributed by atoms with E-state index in [-0.39, 0.29) is 29.2 Å². The molecule has 4 rings (SSSR count). The van der Waals surface area contributed by atoms with Gasteiger partial charge in [0.25, 0.3) is 0 Å². The van der Waals surface area contributed by atoms with Crippen molar-refractivity contribution < 1.29 is 14.3 Å². The van der Waals surface area contributed by atoms with Crippen LogP contribution in [0, 0.1) is 8.99 Å². The molecule has 1 saturated carbocycles. The summed E-state index contributed by atoms with van der Waals surface area (Å²) in [5.41, 5.74) is 4.04. The first kappa shape index (κ1) is 21.6. The highest BCUT2D eigenvalue weighted by Gasteiger charge is 2.43. The van der Waals surface area contributed by atoms with Gasteiger partial charge in [0.2, 0.25) is 0 Å². The summed E-state index contributed by atoms with van der Waals surface area (Å²) in [6.45, 7) is 6.20. The van der Waals surface area contributed by atoms with E-state index < -0.39 is 0 Å². The lowest BCUT2D eigenvalue weighted by atomic mass is 9.68. The normalized spacial score (nSPS) is 24.4. The molecule has 3 aliphatic rings. The third kappa shape index (κ3) is 4.23. The summed E-state index contributed by atoms with van der Waals surface area (Å²) in [6, 6.07) is 8.05. The number of hydrogen-bond acceptors (Lipinski definition) is 4. The van der Waals surface area contributed by atoms with E-state index in [1.165, 1.54) is 6.42 Å². The van der Waals surface area contributed by atoms with E-state index >= 15 is 0 Å². The highest BCUT2D eigenvalue weighted by Crippen LogP contribution is 2.47. The molecule has 1 N–H and O–H groups in total. The van der Waals surface area contributed by atoms with Crippen LogP contribution < -0.4 is 5.32 Å². The highest BCUT2D eigenvalue weighted by molar-refractivity contribution is 14.1. The third-order valence-electron chi connectivity index (χ3n) is 6.50. The van der Waals surface area contributed by atoms with Crippen molar-refractivity contribution in [3.05, 3.63) is 55.9 Å². The number of dihydropyridines is 1. The van der Waals surface area contributed by atoms with Crippen molar-refractivity contribution in [1.82, 2.24) is 5.32 Å². The van der Waals surface area contributed by atoms with Crippen molar-refractivity contribution in [2.45, 2.75) is 77.7 Å². The van der Waals surface area contributed by atoms with E-state index in [4.69, 9.17) is 4.74 Å². The lowest BCUT2D eigenvalue weighted by Gasteiger charge is -2.40. The van der Waals surface area contributed by atoms with Gasteiger partial charge < -0.3 is 10.1 Å². The average Bonchev–Trinajstić information content (AvgIpc) is 2.67. The summed E-state index contributed by atoms with van der Waals surface area (Å²) in [5, 5.41) is 3.43. The Morgan fingerprint density at radius 3 is 2.53 bits per heavy atom. The number of esters is 1. The Balaban J connectivity index is 1.77. The summed E-state index contributed by atoms with van der Waals surface area (Å²) in [7, 11) is 0. The molecule has 1 aromatic carbocycles. The van der Waals surface area contributed by atoms with E-state index in [1.54, 1.807) is 0 Å². The minimum absolute atomic E-state index is 0.0154. The molecule has 0 amide bonds. The Morgan fingerprint density at radius 2 is 1.83 bits per heavy atom. The van der Waals surface area contributed by atoms with Gasteiger partial charge >= 0.3 is 5.97 Å². The first-order chi connectivity index (χ1) is 14.3. The van der Waals surface area contributed by atoms with E-state index in [2.05, 4.69) is 41.8 Å². The fourth-order valence-corrected chi connectivity index (χ4v) is 5.82. The number of nitrogens with one attached hydrogen (secondary N) is 1. The lowest BCUT2D eigenvalue weighted by molar-refractivity contribution is -0.146. The van der Waals surface area contributed by atoms with Crippen molar-refractivity contribution in [3.8, 4) is 0 Å². The molecule has 30 heavy (non-hydrogen) atoms. The van der Waals surface area contributed by atoms with Crippen LogP contribution in [0.15, 0.2) is 46.8 Å². The van der Waals surface area contributed by atoms with Gasteiger partial charge in [-0.3, -0.25) is 4.79 Å². The summed E-state index contributed by atoms with van der Waals surface area (Å²) >= 11 is 2.31. The number of benzene rings is 1. The van der Waals surface area contributed by atoms with E-state index in [1.807, 2.05) is 31.2 Å². The first-order valence-electron chi connectivity index (χ1n) is 11.0. The van der Waals surface area contributed by atoms with Crippen LogP contribution >= 0.6 is 22.6 Å². The van der Waals surface area contributed by atoms with Gasteiger partial charge in [0.1, 0.15) is 6.10 Å². The maximum absolute atomic E-state index is 13.4. The number of Topliss-reactive ketones (excluding diaryl/α,β-unsaturated/α-hetero) is 1. The van der Waals surface area contributed by atoms with Crippen LogP contribution in [-0.2, 0) is 14.3 Å². The summed E-state index contributed by atoms with van der Waals surface area (Å²) in [5.74, 6) is -0.511. The first-order valence-corrected chi connectivity index (χ1v) is 12.0. The summed E-state index contributed by atoms with van der Waals surface area (Å²) in [4.78, 5) is 26.8. The molecule has 1 aromatic rings. The van der Waals surface area contributed by atoms with Gasteiger partial charge in [-0.1, -0.05) is 38.5 Å². The maximum Gasteiger partial charge on any atom is 0.337 e. The fraction of sp³-hybridized carbons (Fsp3) is 0.520. The number of rotatable bonds is 3. The zero-order valence-corrected chi connectivity index (χ0v) is 20.2.